The molecule has 0 bridgehead atoms. The predicted octanol–water partition coefficient (Wildman–Crippen LogP) is 6.43. The lowest BCUT2D eigenvalue weighted by Gasteiger charge is -2.31. The van der Waals surface area contributed by atoms with Gasteiger partial charge in [0.15, 0.2) is 5.69 Å². The van der Waals surface area contributed by atoms with Crippen LogP contribution in [-0.2, 0) is 28.2 Å². The number of halogens is 6. The van der Waals surface area contributed by atoms with Crippen LogP contribution in [0.5, 0.6) is 0 Å². The Morgan fingerprint density at radius 1 is 1.12 bits per heavy atom. The molecule has 16 heteroatoms. The lowest BCUT2D eigenvalue weighted by molar-refractivity contribution is -0.144. The first-order valence-corrected chi connectivity index (χ1v) is 14.4. The molecule has 1 aromatic heterocycles. The maximum atomic E-state index is 14.3. The highest BCUT2D eigenvalue weighted by Crippen LogP contribution is 2.41. The number of esters is 1. The van der Waals surface area contributed by atoms with Crippen molar-refractivity contribution in [2.24, 2.45) is 7.05 Å². The van der Waals surface area contributed by atoms with Crippen molar-refractivity contribution in [3.8, 4) is 11.3 Å². The Labute approximate surface area is 246 Å². The minimum atomic E-state index is -4.69. The van der Waals surface area contributed by atoms with Crippen LogP contribution in [0.4, 0.5) is 23.2 Å². The number of aryl methyl sites for hydroxylation is 1. The van der Waals surface area contributed by atoms with E-state index in [1.807, 2.05) is 0 Å². The molecule has 0 fully saturated rings. The quantitative estimate of drug-likeness (QED) is 0.251. The van der Waals surface area contributed by atoms with E-state index < -0.39 is 56.4 Å². The van der Waals surface area contributed by atoms with E-state index in [4.69, 9.17) is 16.3 Å². The normalized spacial score (nSPS) is 14.4. The van der Waals surface area contributed by atoms with Gasteiger partial charge in [-0.15, -0.1) is 0 Å². The van der Waals surface area contributed by atoms with Gasteiger partial charge in [0, 0.05) is 18.7 Å². The predicted molar refractivity (Wildman–Crippen MR) is 147 cm³/mol. The Hall–Kier alpha value is -3.17. The summed E-state index contributed by atoms with van der Waals surface area (Å²) in [6.45, 7) is 6.54. The average Bonchev–Trinajstić information content (AvgIpc) is 3.12. The molecule has 0 saturated carbocycles. The summed E-state index contributed by atoms with van der Waals surface area (Å²) in [5, 5.41) is 3.50. The SMILES string of the molecule is CC(C)N1C(=O)c2ccccc2NS1(=O)=O.CC(C)OC(=O)c1cc(-c2nn(C)c(C(F)(F)F)c2Br)c(F)cc1Cl. The van der Waals surface area contributed by atoms with Crippen LogP contribution in [0, 0.1) is 5.82 Å². The average molecular weight is 684 g/mol. The molecule has 9 nitrogen and oxygen atoms in total. The molecule has 0 aliphatic carbocycles. The monoisotopic (exact) mass is 682 g/mol. The number of rotatable bonds is 4. The van der Waals surface area contributed by atoms with Crippen LogP contribution in [0.25, 0.3) is 11.3 Å². The number of fused-ring (bicyclic) bond motifs is 1. The van der Waals surface area contributed by atoms with E-state index in [9.17, 15) is 35.6 Å². The summed E-state index contributed by atoms with van der Waals surface area (Å²) in [6, 6.07) is 8.02. The number of nitrogens with zero attached hydrogens (tertiary/aromatic N) is 3. The van der Waals surface area contributed by atoms with Crippen LogP contribution in [-0.4, -0.2) is 46.5 Å². The second kappa shape index (κ2) is 12.0. The van der Waals surface area contributed by atoms with Gasteiger partial charge in [-0.3, -0.25) is 14.2 Å². The van der Waals surface area contributed by atoms with E-state index in [2.05, 4.69) is 25.8 Å². The van der Waals surface area contributed by atoms with Gasteiger partial charge in [0.2, 0.25) is 0 Å². The lowest BCUT2D eigenvalue weighted by Crippen LogP contribution is -2.48. The largest absolute Gasteiger partial charge is 0.459 e. The first-order chi connectivity index (χ1) is 18.9. The van der Waals surface area contributed by atoms with Gasteiger partial charge in [-0.2, -0.15) is 26.7 Å². The molecule has 0 unspecified atom stereocenters. The van der Waals surface area contributed by atoms with Gasteiger partial charge in [-0.25, -0.2) is 13.5 Å². The van der Waals surface area contributed by atoms with E-state index in [0.29, 0.717) is 15.9 Å². The molecule has 0 saturated heterocycles. The summed E-state index contributed by atoms with van der Waals surface area (Å²) < 4.78 is 85.5. The maximum absolute atomic E-state index is 14.3. The molecule has 1 aliphatic heterocycles. The summed E-state index contributed by atoms with van der Waals surface area (Å²) >= 11 is 8.67. The van der Waals surface area contributed by atoms with Crippen molar-refractivity contribution in [3.05, 3.63) is 68.5 Å². The Balaban J connectivity index is 0.000000248. The number of hydrogen-bond donors (Lipinski definition) is 1. The number of carbonyl (C=O) groups is 2. The molecule has 0 atom stereocenters. The zero-order valence-electron chi connectivity index (χ0n) is 22.2. The molecule has 0 radical (unpaired) electrons. The summed E-state index contributed by atoms with van der Waals surface area (Å²) in [5.74, 6) is -2.22. The molecule has 1 aliphatic rings. The number of carbonyl (C=O) groups excluding carboxylic acids is 2. The third-order valence-electron chi connectivity index (χ3n) is 5.46. The van der Waals surface area contributed by atoms with Gasteiger partial charge in [-0.05, 0) is 67.9 Å². The number of benzene rings is 2. The van der Waals surface area contributed by atoms with E-state index in [1.165, 1.54) is 0 Å². The van der Waals surface area contributed by atoms with Gasteiger partial charge in [0.25, 0.3) is 5.91 Å². The Morgan fingerprint density at radius 2 is 1.73 bits per heavy atom. The molecule has 1 amide bonds. The van der Waals surface area contributed by atoms with E-state index in [1.54, 1.807) is 52.0 Å². The van der Waals surface area contributed by atoms with E-state index in [-0.39, 0.29) is 21.8 Å². The highest BCUT2D eigenvalue weighted by Gasteiger charge is 2.39. The van der Waals surface area contributed by atoms with Crippen LogP contribution in [0.2, 0.25) is 5.02 Å². The van der Waals surface area contributed by atoms with Crippen molar-refractivity contribution in [1.29, 1.82) is 0 Å². The number of nitrogens with one attached hydrogen (secondary N) is 1. The fraction of sp³-hybridized carbons (Fsp3) is 0.320. The Kier molecular flexibility index (Phi) is 9.45. The molecular weight excluding hydrogens is 660 g/mol. The third kappa shape index (κ3) is 6.84. The topological polar surface area (TPSA) is 111 Å². The first kappa shape index (κ1) is 32.3. The molecule has 4 rings (SSSR count). The summed E-state index contributed by atoms with van der Waals surface area (Å²) in [4.78, 5) is 24.0. The number of amides is 1. The maximum Gasteiger partial charge on any atom is 0.434 e. The fourth-order valence-electron chi connectivity index (χ4n) is 3.83. The van der Waals surface area contributed by atoms with Crippen molar-refractivity contribution in [2.75, 3.05) is 4.72 Å². The third-order valence-corrected chi connectivity index (χ3v) is 8.10. The number of ether oxygens (including phenoxy) is 1. The van der Waals surface area contributed by atoms with Crippen LogP contribution < -0.4 is 4.72 Å². The van der Waals surface area contributed by atoms with Crippen molar-refractivity contribution in [3.63, 3.8) is 0 Å². The molecule has 0 spiro atoms. The van der Waals surface area contributed by atoms with Crippen LogP contribution >= 0.6 is 27.5 Å². The first-order valence-electron chi connectivity index (χ1n) is 11.8. The number of aromatic nitrogens is 2. The van der Waals surface area contributed by atoms with E-state index in [0.717, 1.165) is 23.5 Å². The van der Waals surface area contributed by atoms with Crippen LogP contribution in [0.1, 0.15) is 54.1 Å². The summed E-state index contributed by atoms with van der Waals surface area (Å²) in [6.07, 6.45) is -5.14. The van der Waals surface area contributed by atoms with Crippen LogP contribution in [0.15, 0.2) is 40.9 Å². The van der Waals surface area contributed by atoms with Gasteiger partial charge < -0.3 is 4.74 Å². The van der Waals surface area contributed by atoms with Gasteiger partial charge in [0.05, 0.1) is 32.4 Å². The van der Waals surface area contributed by atoms with Crippen molar-refractivity contribution in [1.82, 2.24) is 14.1 Å². The van der Waals surface area contributed by atoms with Crippen molar-refractivity contribution >= 4 is 55.3 Å². The van der Waals surface area contributed by atoms with Crippen molar-refractivity contribution in [2.45, 2.75) is 46.0 Å². The second-order valence-corrected chi connectivity index (χ2v) is 12.0. The fourth-order valence-corrected chi connectivity index (χ4v) is 6.26. The zero-order chi connectivity index (χ0) is 31.0. The number of hydrogen-bond acceptors (Lipinski definition) is 6. The smallest absolute Gasteiger partial charge is 0.434 e. The van der Waals surface area contributed by atoms with E-state index >= 15 is 0 Å². The molecule has 222 valence electrons. The Morgan fingerprint density at radius 3 is 2.27 bits per heavy atom. The van der Waals surface area contributed by atoms with Gasteiger partial charge in [-0.1, -0.05) is 23.7 Å². The molecule has 3 aromatic rings. The Bertz CT molecular complexity index is 1610. The zero-order valence-corrected chi connectivity index (χ0v) is 25.3. The second-order valence-electron chi connectivity index (χ2n) is 9.25. The molecule has 1 N–H and O–H groups in total. The highest BCUT2D eigenvalue weighted by atomic mass is 79.9. The minimum absolute atomic E-state index is 0.169. The van der Waals surface area contributed by atoms with Gasteiger partial charge in [0.1, 0.15) is 11.5 Å². The standard InChI is InChI=1S/C15H12BrClF4N2O2.C10H12N2O3S/c1-6(2)25-14(24)7-4-8(10(18)5-9(7)17)12-11(16)13(15(19,20)21)23(3)22-12;1-7(2)12-10(13)8-5-3-4-6-9(8)11-16(12,14)15/h4-6H,1-3H3;3-7,11H,1-2H3. The van der Waals surface area contributed by atoms with Crippen molar-refractivity contribution < 1.29 is 40.3 Å². The molecule has 2 aromatic carbocycles. The summed E-state index contributed by atoms with van der Waals surface area (Å²) in [7, 11) is -2.67. The molecule has 2 heterocycles. The van der Waals surface area contributed by atoms with Crippen LogP contribution in [0.3, 0.4) is 0 Å². The molecular formula is C25H24BrClF4N4O5S. The molecule has 41 heavy (non-hydrogen) atoms. The number of alkyl halides is 3. The number of anilines is 1. The summed E-state index contributed by atoms with van der Waals surface area (Å²) in [5.41, 5.74) is -1.14. The number of para-hydroxylation sites is 1. The lowest BCUT2D eigenvalue weighted by atomic mass is 10.1. The minimum Gasteiger partial charge on any atom is -0.459 e. The van der Waals surface area contributed by atoms with Gasteiger partial charge >= 0.3 is 22.4 Å². The highest BCUT2D eigenvalue weighted by molar-refractivity contribution is 9.10.